The molecule has 3 aliphatic heterocycles. The predicted molar refractivity (Wildman–Crippen MR) is 105 cm³/mol. The van der Waals surface area contributed by atoms with E-state index in [1.54, 1.807) is 24.5 Å². The number of hydrogen-bond acceptors (Lipinski definition) is 10. The van der Waals surface area contributed by atoms with E-state index in [2.05, 4.69) is 25.5 Å². The van der Waals surface area contributed by atoms with Crippen LogP contribution in [0.15, 0.2) is 35.8 Å². The molecule has 0 unspecified atom stereocenters. The van der Waals surface area contributed by atoms with Crippen molar-refractivity contribution in [1.29, 1.82) is 0 Å². The summed E-state index contributed by atoms with van der Waals surface area (Å²) in [5.41, 5.74) is 4.38. The Morgan fingerprint density at radius 3 is 3.23 bits per heavy atom. The number of rotatable bonds is 6. The maximum absolute atomic E-state index is 12.1. The second-order valence-corrected chi connectivity index (χ2v) is 7.40. The van der Waals surface area contributed by atoms with Gasteiger partial charge in [-0.25, -0.2) is 25.1 Å². The van der Waals surface area contributed by atoms with Gasteiger partial charge in [0, 0.05) is 37.7 Å². The van der Waals surface area contributed by atoms with Gasteiger partial charge in [0.2, 0.25) is 11.4 Å². The molecule has 0 radical (unpaired) electrons. The van der Waals surface area contributed by atoms with Gasteiger partial charge in [0.15, 0.2) is 5.82 Å². The maximum Gasteiger partial charge on any atom is 0.412 e. The molecule has 0 bridgehead atoms. The lowest BCUT2D eigenvalue weighted by Gasteiger charge is -2.18. The Balaban J connectivity index is 1.21. The van der Waals surface area contributed by atoms with Crippen molar-refractivity contribution >= 4 is 28.8 Å². The zero-order chi connectivity index (χ0) is 20.9. The highest BCUT2D eigenvalue weighted by Gasteiger charge is 2.23. The van der Waals surface area contributed by atoms with Crippen molar-refractivity contribution in [1.82, 2.24) is 30.1 Å². The van der Waals surface area contributed by atoms with Crippen LogP contribution in [0.5, 0.6) is 0 Å². The highest BCUT2D eigenvalue weighted by atomic mass is 32.1. The number of urea groups is 1. The smallest absolute Gasteiger partial charge is 0.412 e. The zero-order valence-electron chi connectivity index (χ0n) is 16.2. The van der Waals surface area contributed by atoms with Crippen LogP contribution in [0.1, 0.15) is 18.7 Å². The average molecular weight is 435 g/mol. The number of amides is 3. The predicted octanol–water partition coefficient (Wildman–Crippen LogP) is 1.41. The molecule has 1 fully saturated rings. The van der Waals surface area contributed by atoms with Gasteiger partial charge in [-0.2, -0.15) is 9.31 Å². The van der Waals surface area contributed by atoms with Gasteiger partial charge in [0.1, 0.15) is 0 Å². The average Bonchev–Trinajstić information content (AvgIpc) is 3.48. The van der Waals surface area contributed by atoms with Crippen LogP contribution in [0.25, 0.3) is 0 Å². The Morgan fingerprint density at radius 1 is 1.50 bits per heavy atom. The van der Waals surface area contributed by atoms with E-state index in [-0.39, 0.29) is 6.54 Å². The van der Waals surface area contributed by atoms with Crippen LogP contribution in [0.3, 0.4) is 0 Å². The van der Waals surface area contributed by atoms with Gasteiger partial charge < -0.3 is 19.7 Å². The van der Waals surface area contributed by atoms with Crippen molar-refractivity contribution in [3.63, 3.8) is 0 Å². The maximum atomic E-state index is 12.1. The Bertz CT molecular complexity index is 893. The third kappa shape index (κ3) is 5.06. The first-order valence-corrected chi connectivity index (χ1v) is 10.1. The van der Waals surface area contributed by atoms with Crippen molar-refractivity contribution in [2.75, 3.05) is 25.5 Å². The topological polar surface area (TPSA) is 130 Å². The van der Waals surface area contributed by atoms with Crippen LogP contribution in [0, 0.1) is 0 Å². The molecule has 4 rings (SSSR count). The fourth-order valence-corrected chi connectivity index (χ4v) is 3.38. The number of hydrogen-bond donors (Lipinski definition) is 3. The molecule has 3 amide bonds. The molecule has 12 nitrogen and oxygen atoms in total. The summed E-state index contributed by atoms with van der Waals surface area (Å²) in [4.78, 5) is 34.9. The van der Waals surface area contributed by atoms with Crippen molar-refractivity contribution in [3.05, 3.63) is 41.6 Å². The van der Waals surface area contributed by atoms with Gasteiger partial charge in [-0.15, -0.1) is 0 Å². The molecule has 0 aliphatic carbocycles. The van der Waals surface area contributed by atoms with Crippen LogP contribution < -0.4 is 16.1 Å². The summed E-state index contributed by atoms with van der Waals surface area (Å²) in [5, 5.41) is 7.29. The first kappa shape index (κ1) is 20.1. The quantitative estimate of drug-likeness (QED) is 0.607. The summed E-state index contributed by atoms with van der Waals surface area (Å²) in [5.74, 6) is 0.403. The summed E-state index contributed by atoms with van der Waals surface area (Å²) in [7, 11) is 1.59. The summed E-state index contributed by atoms with van der Waals surface area (Å²) >= 11 is 1.03. The van der Waals surface area contributed by atoms with Crippen molar-refractivity contribution in [3.8, 4) is 0 Å². The number of carbonyl (C=O) groups is 2. The molecule has 4 heterocycles. The molecule has 0 spiro atoms. The number of hydroxylamine groups is 3. The summed E-state index contributed by atoms with van der Waals surface area (Å²) in [6, 6.07) is -0.407. The lowest BCUT2D eigenvalue weighted by Crippen LogP contribution is -2.31. The molecule has 1 atom stereocenters. The van der Waals surface area contributed by atoms with Crippen molar-refractivity contribution in [2.24, 2.45) is 0 Å². The van der Waals surface area contributed by atoms with E-state index in [4.69, 9.17) is 14.4 Å². The zero-order valence-corrected chi connectivity index (χ0v) is 17.0. The fraction of sp³-hybridized carbons (Fsp3) is 0.412. The van der Waals surface area contributed by atoms with E-state index in [0.29, 0.717) is 30.5 Å². The standard InChI is InChI=1S/C17H21N7O5S/c1-23(17(26)28-14-3-2-6-27-14)10-13-20-16(30-22-13)21-15(25)18-8-11-4-5-24-12(7-11)9-19-29-24/h4-5,7,9,14,19H,2-3,6,8,10H2,1H3,(H2,18,20,21,22,25)/t14-/m1/s1. The van der Waals surface area contributed by atoms with E-state index in [9.17, 15) is 9.59 Å². The molecule has 0 saturated carbocycles. The van der Waals surface area contributed by atoms with Gasteiger partial charge in [-0.05, 0) is 24.1 Å². The molecule has 30 heavy (non-hydrogen) atoms. The molecule has 1 saturated heterocycles. The molecule has 3 aliphatic rings. The minimum absolute atomic E-state index is 0.157. The third-order valence-electron chi connectivity index (χ3n) is 4.32. The summed E-state index contributed by atoms with van der Waals surface area (Å²) < 4.78 is 14.7. The minimum atomic E-state index is -0.505. The molecular weight excluding hydrogens is 414 g/mol. The second kappa shape index (κ2) is 9.11. The lowest BCUT2D eigenvalue weighted by molar-refractivity contribution is -0.112. The van der Waals surface area contributed by atoms with Gasteiger partial charge >= 0.3 is 12.1 Å². The van der Waals surface area contributed by atoms with E-state index in [1.807, 2.05) is 12.2 Å². The number of nitrogens with zero attached hydrogens (tertiary/aromatic N) is 4. The number of nitrogens with one attached hydrogen (secondary N) is 3. The van der Waals surface area contributed by atoms with Crippen molar-refractivity contribution in [2.45, 2.75) is 25.7 Å². The number of carbonyl (C=O) groups excluding carboxylic acids is 2. The highest BCUT2D eigenvalue weighted by molar-refractivity contribution is 7.09. The summed E-state index contributed by atoms with van der Waals surface area (Å²) in [6.07, 6.45) is 7.75. The molecule has 0 aromatic carbocycles. The van der Waals surface area contributed by atoms with Gasteiger partial charge in [0.05, 0.1) is 25.0 Å². The fourth-order valence-electron chi connectivity index (χ4n) is 2.81. The largest absolute Gasteiger partial charge is 0.419 e. The van der Waals surface area contributed by atoms with Crippen LogP contribution >= 0.6 is 11.5 Å². The first-order valence-electron chi connectivity index (χ1n) is 9.28. The van der Waals surface area contributed by atoms with Crippen LogP contribution in [-0.2, 0) is 21.0 Å². The number of allylic oxidation sites excluding steroid dienone is 1. The van der Waals surface area contributed by atoms with E-state index in [1.165, 1.54) is 4.90 Å². The summed E-state index contributed by atoms with van der Waals surface area (Å²) in [6.45, 7) is 1.09. The number of ether oxygens (including phenoxy) is 2. The highest BCUT2D eigenvalue weighted by Crippen LogP contribution is 2.19. The molecule has 1 aromatic heterocycles. The SMILES string of the molecule is CN(Cc1nsc(NC(=O)NCC2=CC3=CNON3C=C2)n1)C(=O)O[C@@H]1CCCO1. The van der Waals surface area contributed by atoms with Gasteiger partial charge in [-0.3, -0.25) is 5.32 Å². The number of aromatic nitrogens is 2. The minimum Gasteiger partial charge on any atom is -0.419 e. The molecule has 1 aromatic rings. The normalized spacial score (nSPS) is 19.5. The van der Waals surface area contributed by atoms with E-state index in [0.717, 1.165) is 29.2 Å². The molecular formula is C17H21N7O5S. The first-order chi connectivity index (χ1) is 14.6. The monoisotopic (exact) mass is 435 g/mol. The van der Waals surface area contributed by atoms with Gasteiger partial charge in [-0.1, -0.05) is 0 Å². The molecule has 160 valence electrons. The Morgan fingerprint density at radius 2 is 2.40 bits per heavy atom. The number of anilines is 1. The van der Waals surface area contributed by atoms with E-state index < -0.39 is 18.4 Å². The second-order valence-electron chi connectivity index (χ2n) is 6.64. The van der Waals surface area contributed by atoms with E-state index >= 15 is 0 Å². The van der Waals surface area contributed by atoms with Crippen LogP contribution in [-0.4, -0.2) is 57.9 Å². The lowest BCUT2D eigenvalue weighted by atomic mass is 10.2. The number of fused-ring (bicyclic) bond motifs is 1. The van der Waals surface area contributed by atoms with Crippen LogP contribution in [0.4, 0.5) is 14.7 Å². The Labute approximate surface area is 176 Å². The third-order valence-corrected chi connectivity index (χ3v) is 4.99. The molecule has 3 N–H and O–H groups in total. The van der Waals surface area contributed by atoms with Crippen LogP contribution in [0.2, 0.25) is 0 Å². The van der Waals surface area contributed by atoms with Crippen molar-refractivity contribution < 1.29 is 24.0 Å². The Kier molecular flexibility index (Phi) is 6.11. The van der Waals surface area contributed by atoms with Gasteiger partial charge in [0.25, 0.3) is 0 Å². The molecule has 13 heteroatoms. The Hall–Kier alpha value is -3.16.